The van der Waals surface area contributed by atoms with Crippen molar-refractivity contribution in [3.63, 3.8) is 0 Å². The monoisotopic (exact) mass is 302 g/mol. The van der Waals surface area contributed by atoms with Gasteiger partial charge in [0.25, 0.3) is 0 Å². The SMILES string of the molecule is Fc1ccccc1-c1nnc2cc(C3CCC3)c(Cl)nn12. The van der Waals surface area contributed by atoms with E-state index in [1.54, 1.807) is 18.2 Å². The van der Waals surface area contributed by atoms with Crippen molar-refractivity contribution in [3.8, 4) is 11.4 Å². The highest BCUT2D eigenvalue weighted by atomic mass is 35.5. The van der Waals surface area contributed by atoms with E-state index in [1.165, 1.54) is 17.0 Å². The van der Waals surface area contributed by atoms with Gasteiger partial charge in [-0.1, -0.05) is 30.2 Å². The molecule has 21 heavy (non-hydrogen) atoms. The van der Waals surface area contributed by atoms with Crippen LogP contribution in [0.2, 0.25) is 5.15 Å². The summed E-state index contributed by atoms with van der Waals surface area (Å²) in [4.78, 5) is 0. The van der Waals surface area contributed by atoms with Gasteiger partial charge in [-0.15, -0.1) is 10.2 Å². The summed E-state index contributed by atoms with van der Waals surface area (Å²) in [6.07, 6.45) is 3.48. The van der Waals surface area contributed by atoms with Gasteiger partial charge in [-0.05, 0) is 42.5 Å². The number of fused-ring (bicyclic) bond motifs is 1. The summed E-state index contributed by atoms with van der Waals surface area (Å²) in [6, 6.07) is 8.35. The Kier molecular flexibility index (Phi) is 2.89. The summed E-state index contributed by atoms with van der Waals surface area (Å²) in [5, 5.41) is 13.0. The van der Waals surface area contributed by atoms with Crippen LogP contribution in [0.3, 0.4) is 0 Å². The molecule has 0 amide bonds. The van der Waals surface area contributed by atoms with E-state index in [0.29, 0.717) is 28.1 Å². The van der Waals surface area contributed by atoms with Gasteiger partial charge in [0.05, 0.1) is 5.56 Å². The molecule has 1 aliphatic rings. The molecule has 2 heterocycles. The van der Waals surface area contributed by atoms with Crippen molar-refractivity contribution >= 4 is 17.2 Å². The van der Waals surface area contributed by atoms with E-state index >= 15 is 0 Å². The van der Waals surface area contributed by atoms with Crippen LogP contribution in [-0.4, -0.2) is 19.8 Å². The van der Waals surface area contributed by atoms with E-state index in [1.807, 2.05) is 6.07 Å². The van der Waals surface area contributed by atoms with Crippen LogP contribution in [0.15, 0.2) is 30.3 Å². The maximum Gasteiger partial charge on any atom is 0.188 e. The number of hydrogen-bond donors (Lipinski definition) is 0. The zero-order chi connectivity index (χ0) is 14.4. The van der Waals surface area contributed by atoms with Gasteiger partial charge in [-0.2, -0.15) is 9.61 Å². The first-order valence-electron chi connectivity index (χ1n) is 6.91. The van der Waals surface area contributed by atoms with Crippen LogP contribution < -0.4 is 0 Å². The Morgan fingerprint density at radius 3 is 2.71 bits per heavy atom. The van der Waals surface area contributed by atoms with Gasteiger partial charge >= 0.3 is 0 Å². The number of aromatic nitrogens is 4. The summed E-state index contributed by atoms with van der Waals surface area (Å²) in [6.45, 7) is 0. The third-order valence-electron chi connectivity index (χ3n) is 4.04. The first kappa shape index (κ1) is 12.7. The molecular weight excluding hydrogens is 291 g/mol. The van der Waals surface area contributed by atoms with Crippen LogP contribution in [0.1, 0.15) is 30.7 Å². The molecule has 1 aliphatic carbocycles. The molecule has 106 valence electrons. The molecule has 0 N–H and O–H groups in total. The van der Waals surface area contributed by atoms with Gasteiger partial charge < -0.3 is 0 Å². The Morgan fingerprint density at radius 1 is 1.19 bits per heavy atom. The predicted octanol–water partition coefficient (Wildman–Crippen LogP) is 3.85. The standard InChI is InChI=1S/C15H12ClFN4/c16-14-11(9-4-3-5-9)8-13-18-19-15(21(13)20-14)10-6-1-2-7-12(10)17/h1-2,6-9H,3-5H2. The number of rotatable bonds is 2. The fraction of sp³-hybridized carbons (Fsp3) is 0.267. The van der Waals surface area contributed by atoms with Gasteiger partial charge in [0.15, 0.2) is 16.6 Å². The van der Waals surface area contributed by atoms with E-state index in [0.717, 1.165) is 18.4 Å². The number of halogens is 2. The summed E-state index contributed by atoms with van der Waals surface area (Å²) < 4.78 is 15.4. The lowest BCUT2D eigenvalue weighted by Crippen LogP contribution is -2.11. The Balaban J connectivity index is 1.89. The number of benzene rings is 1. The van der Waals surface area contributed by atoms with Gasteiger partial charge in [-0.3, -0.25) is 0 Å². The molecule has 3 aromatic rings. The van der Waals surface area contributed by atoms with Crippen molar-refractivity contribution in [1.29, 1.82) is 0 Å². The third kappa shape index (κ3) is 2.00. The third-order valence-corrected chi connectivity index (χ3v) is 4.33. The molecule has 0 spiro atoms. The highest BCUT2D eigenvalue weighted by Crippen LogP contribution is 2.39. The summed E-state index contributed by atoms with van der Waals surface area (Å²) in [5.41, 5.74) is 1.98. The fourth-order valence-corrected chi connectivity index (χ4v) is 2.93. The van der Waals surface area contributed by atoms with Crippen molar-refractivity contribution in [1.82, 2.24) is 19.8 Å². The summed E-state index contributed by atoms with van der Waals surface area (Å²) >= 11 is 6.29. The lowest BCUT2D eigenvalue weighted by molar-refractivity contribution is 0.418. The Hall–Kier alpha value is -2.01. The highest BCUT2D eigenvalue weighted by Gasteiger charge is 2.24. The smallest absolute Gasteiger partial charge is 0.188 e. The first-order chi connectivity index (χ1) is 10.2. The van der Waals surface area contributed by atoms with Crippen LogP contribution in [0.25, 0.3) is 17.0 Å². The molecule has 6 heteroatoms. The van der Waals surface area contributed by atoms with Gasteiger partial charge in [0.1, 0.15) is 5.82 Å². The quantitative estimate of drug-likeness (QED) is 0.722. The van der Waals surface area contributed by atoms with E-state index < -0.39 is 0 Å². The maximum atomic E-state index is 13.9. The topological polar surface area (TPSA) is 43.1 Å². The molecule has 0 radical (unpaired) electrons. The Bertz CT molecular complexity index is 826. The van der Waals surface area contributed by atoms with Crippen LogP contribution >= 0.6 is 11.6 Å². The van der Waals surface area contributed by atoms with Crippen molar-refractivity contribution in [2.24, 2.45) is 0 Å². The largest absolute Gasteiger partial charge is 0.206 e. The van der Waals surface area contributed by atoms with Crippen molar-refractivity contribution < 1.29 is 4.39 Å². The fourth-order valence-electron chi connectivity index (χ4n) is 2.64. The lowest BCUT2D eigenvalue weighted by Gasteiger charge is -2.25. The average Bonchev–Trinajstić information content (AvgIpc) is 2.80. The predicted molar refractivity (Wildman–Crippen MR) is 77.8 cm³/mol. The van der Waals surface area contributed by atoms with Crippen LogP contribution in [0.4, 0.5) is 4.39 Å². The average molecular weight is 303 g/mol. The molecule has 2 aromatic heterocycles. The lowest BCUT2D eigenvalue weighted by atomic mass is 9.81. The molecule has 1 saturated carbocycles. The molecule has 0 bridgehead atoms. The van der Waals surface area contributed by atoms with Gasteiger partial charge in [0.2, 0.25) is 0 Å². The Labute approximate surface area is 125 Å². The molecule has 0 aliphatic heterocycles. The van der Waals surface area contributed by atoms with E-state index in [9.17, 15) is 4.39 Å². The second-order valence-corrected chi connectivity index (χ2v) is 5.65. The van der Waals surface area contributed by atoms with Gasteiger partial charge in [0, 0.05) is 0 Å². The number of nitrogens with zero attached hydrogens (tertiary/aromatic N) is 4. The highest BCUT2D eigenvalue weighted by molar-refractivity contribution is 6.30. The second kappa shape index (κ2) is 4.77. The normalized spacial score (nSPS) is 15.3. The minimum Gasteiger partial charge on any atom is -0.206 e. The van der Waals surface area contributed by atoms with Crippen LogP contribution in [-0.2, 0) is 0 Å². The van der Waals surface area contributed by atoms with E-state index in [4.69, 9.17) is 11.6 Å². The van der Waals surface area contributed by atoms with Crippen molar-refractivity contribution in [3.05, 3.63) is 46.9 Å². The minimum absolute atomic E-state index is 0.354. The zero-order valence-corrected chi connectivity index (χ0v) is 11.9. The van der Waals surface area contributed by atoms with Crippen LogP contribution in [0.5, 0.6) is 0 Å². The zero-order valence-electron chi connectivity index (χ0n) is 11.1. The minimum atomic E-state index is -0.354. The summed E-state index contributed by atoms with van der Waals surface area (Å²) in [7, 11) is 0. The van der Waals surface area contributed by atoms with E-state index in [-0.39, 0.29) is 5.82 Å². The molecule has 0 unspecified atom stereocenters. The summed E-state index contributed by atoms with van der Waals surface area (Å²) in [5.74, 6) is 0.474. The van der Waals surface area contributed by atoms with Crippen molar-refractivity contribution in [2.45, 2.75) is 25.2 Å². The second-order valence-electron chi connectivity index (χ2n) is 5.29. The maximum absolute atomic E-state index is 13.9. The van der Waals surface area contributed by atoms with Gasteiger partial charge in [-0.25, -0.2) is 4.39 Å². The van der Waals surface area contributed by atoms with Crippen molar-refractivity contribution in [2.75, 3.05) is 0 Å². The molecule has 1 aromatic carbocycles. The molecule has 4 rings (SSSR count). The van der Waals surface area contributed by atoms with Crippen LogP contribution in [0, 0.1) is 5.82 Å². The Morgan fingerprint density at radius 2 is 2.00 bits per heavy atom. The molecule has 0 atom stereocenters. The molecule has 1 fully saturated rings. The first-order valence-corrected chi connectivity index (χ1v) is 7.28. The van der Waals surface area contributed by atoms with E-state index in [2.05, 4.69) is 15.3 Å². The molecular formula is C15H12ClFN4. The molecule has 4 nitrogen and oxygen atoms in total. The molecule has 0 saturated heterocycles. The number of hydrogen-bond acceptors (Lipinski definition) is 3.